The van der Waals surface area contributed by atoms with Gasteiger partial charge in [0.15, 0.2) is 0 Å². The zero-order chi connectivity index (χ0) is 15.1. The number of carbonyl (C=O) groups is 1. The van der Waals surface area contributed by atoms with Gasteiger partial charge in [0.2, 0.25) is 5.91 Å². The Morgan fingerprint density at radius 3 is 2.76 bits per heavy atom. The van der Waals surface area contributed by atoms with Crippen molar-refractivity contribution in [3.05, 3.63) is 35.9 Å². The number of unbranched alkanes of at least 4 members (excludes halogenated alkanes) is 1. The maximum absolute atomic E-state index is 12.4. The third-order valence-electron chi connectivity index (χ3n) is 4.46. The van der Waals surface area contributed by atoms with Crippen LogP contribution in [0.25, 0.3) is 0 Å². The van der Waals surface area contributed by atoms with Crippen molar-refractivity contribution < 1.29 is 4.79 Å². The molecule has 2 unspecified atom stereocenters. The molecule has 1 aliphatic rings. The fraction of sp³-hybridized carbons (Fsp3) is 0.611. The predicted molar refractivity (Wildman–Crippen MR) is 87.2 cm³/mol. The molecule has 1 aliphatic heterocycles. The van der Waals surface area contributed by atoms with E-state index in [4.69, 9.17) is 0 Å². The number of piperidine rings is 1. The molecule has 3 heteroatoms. The summed E-state index contributed by atoms with van der Waals surface area (Å²) < 4.78 is 0. The van der Waals surface area contributed by atoms with Crippen molar-refractivity contribution in [1.29, 1.82) is 0 Å². The summed E-state index contributed by atoms with van der Waals surface area (Å²) in [5.74, 6) is 0.722. The molecule has 1 aromatic rings. The second-order valence-electron chi connectivity index (χ2n) is 6.25. The van der Waals surface area contributed by atoms with E-state index in [-0.39, 0.29) is 11.9 Å². The summed E-state index contributed by atoms with van der Waals surface area (Å²) >= 11 is 0. The number of benzene rings is 1. The van der Waals surface area contributed by atoms with Crippen LogP contribution in [-0.2, 0) is 11.2 Å². The highest BCUT2D eigenvalue weighted by Crippen LogP contribution is 2.17. The number of carbonyl (C=O) groups excluding carboxylic acids is 1. The average Bonchev–Trinajstić information content (AvgIpc) is 2.52. The molecule has 2 rings (SSSR count). The fourth-order valence-corrected chi connectivity index (χ4v) is 3.05. The lowest BCUT2D eigenvalue weighted by atomic mass is 9.92. The second kappa shape index (κ2) is 8.18. The van der Waals surface area contributed by atoms with E-state index in [2.05, 4.69) is 36.5 Å². The van der Waals surface area contributed by atoms with E-state index >= 15 is 0 Å². The van der Waals surface area contributed by atoms with Crippen LogP contribution in [0, 0.1) is 5.92 Å². The summed E-state index contributed by atoms with van der Waals surface area (Å²) in [6.45, 7) is 4.01. The first kappa shape index (κ1) is 16.0. The summed E-state index contributed by atoms with van der Waals surface area (Å²) in [6, 6.07) is 10.6. The molecular formula is C18H28N2O. The molecule has 0 radical (unpaired) electrons. The van der Waals surface area contributed by atoms with E-state index in [1.165, 1.54) is 12.0 Å². The number of amides is 1. The van der Waals surface area contributed by atoms with Crippen LogP contribution in [0.15, 0.2) is 30.3 Å². The van der Waals surface area contributed by atoms with Crippen LogP contribution < -0.4 is 5.32 Å². The van der Waals surface area contributed by atoms with Crippen molar-refractivity contribution in [1.82, 2.24) is 10.2 Å². The Kier molecular flexibility index (Phi) is 6.24. The van der Waals surface area contributed by atoms with Crippen molar-refractivity contribution in [3.8, 4) is 0 Å². The van der Waals surface area contributed by atoms with Crippen molar-refractivity contribution >= 4 is 5.91 Å². The van der Waals surface area contributed by atoms with Crippen LogP contribution in [-0.4, -0.2) is 37.0 Å². The van der Waals surface area contributed by atoms with Gasteiger partial charge in [-0.05, 0) is 50.1 Å². The lowest BCUT2D eigenvalue weighted by Crippen LogP contribution is -2.51. The highest BCUT2D eigenvalue weighted by atomic mass is 16.2. The first-order chi connectivity index (χ1) is 10.2. The molecule has 116 valence electrons. The van der Waals surface area contributed by atoms with Gasteiger partial charge in [0.1, 0.15) is 0 Å². The van der Waals surface area contributed by atoms with Crippen LogP contribution in [0.3, 0.4) is 0 Å². The fourth-order valence-electron chi connectivity index (χ4n) is 3.05. The summed E-state index contributed by atoms with van der Waals surface area (Å²) in [5, 5.41) is 3.37. The van der Waals surface area contributed by atoms with Crippen LogP contribution in [0.5, 0.6) is 0 Å². The Morgan fingerprint density at radius 2 is 2.05 bits per heavy atom. The number of hydrogen-bond acceptors (Lipinski definition) is 2. The van der Waals surface area contributed by atoms with Gasteiger partial charge in [0.25, 0.3) is 0 Å². The summed E-state index contributed by atoms with van der Waals surface area (Å²) in [4.78, 5) is 14.3. The van der Waals surface area contributed by atoms with Crippen LogP contribution >= 0.6 is 0 Å². The van der Waals surface area contributed by atoms with Gasteiger partial charge in [0, 0.05) is 13.6 Å². The summed E-state index contributed by atoms with van der Waals surface area (Å²) in [6.07, 6.45) is 5.64. The number of rotatable bonds is 6. The van der Waals surface area contributed by atoms with E-state index in [0.29, 0.717) is 5.92 Å². The Hall–Kier alpha value is -1.35. The zero-order valence-corrected chi connectivity index (χ0v) is 13.3. The lowest BCUT2D eigenvalue weighted by molar-refractivity contribution is -0.134. The topological polar surface area (TPSA) is 32.3 Å². The van der Waals surface area contributed by atoms with Gasteiger partial charge in [-0.25, -0.2) is 0 Å². The maximum atomic E-state index is 12.4. The number of aryl methyl sites for hydroxylation is 1. The number of hydrogen-bond donors (Lipinski definition) is 1. The monoisotopic (exact) mass is 288 g/mol. The minimum Gasteiger partial charge on any atom is -0.344 e. The van der Waals surface area contributed by atoms with Gasteiger partial charge < -0.3 is 10.2 Å². The second-order valence-corrected chi connectivity index (χ2v) is 6.25. The maximum Gasteiger partial charge on any atom is 0.239 e. The quantitative estimate of drug-likeness (QED) is 0.816. The molecular weight excluding hydrogens is 260 g/mol. The normalized spacial score (nSPS) is 22.0. The van der Waals surface area contributed by atoms with Crippen LogP contribution in [0.1, 0.15) is 38.2 Å². The van der Waals surface area contributed by atoms with Crippen molar-refractivity contribution in [2.24, 2.45) is 5.92 Å². The zero-order valence-electron chi connectivity index (χ0n) is 13.3. The first-order valence-electron chi connectivity index (χ1n) is 8.21. The summed E-state index contributed by atoms with van der Waals surface area (Å²) in [7, 11) is 1.94. The molecule has 1 aromatic carbocycles. The Labute approximate surface area is 128 Å². The third-order valence-corrected chi connectivity index (χ3v) is 4.46. The molecule has 0 aliphatic carbocycles. The molecule has 21 heavy (non-hydrogen) atoms. The standard InChI is InChI=1S/C18H28N2O/c1-15-9-8-13-19-17(15)18(21)20(2)14-7-6-12-16-10-4-3-5-11-16/h3-5,10-11,15,17,19H,6-9,12-14H2,1-2H3. The average molecular weight is 288 g/mol. The molecule has 0 spiro atoms. The molecule has 1 heterocycles. The van der Waals surface area contributed by atoms with Gasteiger partial charge in [-0.15, -0.1) is 0 Å². The SMILES string of the molecule is CC1CCCNC1C(=O)N(C)CCCCc1ccccc1. The minimum absolute atomic E-state index is 0.0258. The number of nitrogens with zero attached hydrogens (tertiary/aromatic N) is 1. The van der Waals surface area contributed by atoms with E-state index in [1.807, 2.05) is 18.0 Å². The molecule has 0 aromatic heterocycles. The van der Waals surface area contributed by atoms with Crippen LogP contribution in [0.2, 0.25) is 0 Å². The first-order valence-corrected chi connectivity index (χ1v) is 8.21. The van der Waals surface area contributed by atoms with Crippen molar-refractivity contribution in [3.63, 3.8) is 0 Å². The molecule has 1 fully saturated rings. The van der Waals surface area contributed by atoms with Gasteiger partial charge in [-0.3, -0.25) is 4.79 Å². The predicted octanol–water partition coefficient (Wildman–Crippen LogP) is 2.86. The molecule has 0 saturated carbocycles. The van der Waals surface area contributed by atoms with Crippen molar-refractivity contribution in [2.45, 2.75) is 45.1 Å². The summed E-state index contributed by atoms with van der Waals surface area (Å²) in [5.41, 5.74) is 1.38. The van der Waals surface area contributed by atoms with Gasteiger partial charge in [0.05, 0.1) is 6.04 Å². The third kappa shape index (κ3) is 4.85. The van der Waals surface area contributed by atoms with E-state index in [9.17, 15) is 4.79 Å². The van der Waals surface area contributed by atoms with Crippen LogP contribution in [0.4, 0.5) is 0 Å². The minimum atomic E-state index is 0.0258. The van der Waals surface area contributed by atoms with Crippen molar-refractivity contribution in [2.75, 3.05) is 20.1 Å². The highest BCUT2D eigenvalue weighted by Gasteiger charge is 2.29. The largest absolute Gasteiger partial charge is 0.344 e. The lowest BCUT2D eigenvalue weighted by Gasteiger charge is -2.32. The van der Waals surface area contributed by atoms with E-state index < -0.39 is 0 Å². The molecule has 0 bridgehead atoms. The number of nitrogens with one attached hydrogen (secondary N) is 1. The molecule has 1 N–H and O–H groups in total. The Balaban J connectivity index is 1.69. The number of likely N-dealkylation sites (N-methyl/N-ethyl adjacent to an activating group) is 1. The van der Waals surface area contributed by atoms with Gasteiger partial charge in [-0.1, -0.05) is 37.3 Å². The molecule has 3 nitrogen and oxygen atoms in total. The molecule has 2 atom stereocenters. The van der Waals surface area contributed by atoms with Gasteiger partial charge in [-0.2, -0.15) is 0 Å². The van der Waals surface area contributed by atoms with E-state index in [0.717, 1.165) is 38.8 Å². The smallest absolute Gasteiger partial charge is 0.239 e. The highest BCUT2D eigenvalue weighted by molar-refractivity contribution is 5.82. The Bertz CT molecular complexity index is 432. The molecule has 1 saturated heterocycles. The van der Waals surface area contributed by atoms with Gasteiger partial charge >= 0.3 is 0 Å². The van der Waals surface area contributed by atoms with E-state index in [1.54, 1.807) is 0 Å². The Morgan fingerprint density at radius 1 is 1.29 bits per heavy atom. The molecule has 1 amide bonds.